The van der Waals surface area contributed by atoms with E-state index in [4.69, 9.17) is 0 Å². The molecule has 0 aliphatic carbocycles. The number of hydrogen-bond donors (Lipinski definition) is 0. The molecule has 0 spiro atoms. The third-order valence-corrected chi connectivity index (χ3v) is 7.51. The molecule has 0 aliphatic heterocycles. The van der Waals surface area contributed by atoms with Gasteiger partial charge in [-0.1, -0.05) is 109 Å². The second kappa shape index (κ2) is 12.4. The van der Waals surface area contributed by atoms with Crippen LogP contribution in [0.4, 0.5) is 34.1 Å². The first kappa shape index (κ1) is 26.9. The van der Waals surface area contributed by atoms with E-state index < -0.39 is 0 Å². The van der Waals surface area contributed by atoms with Gasteiger partial charge in [0, 0.05) is 34.1 Å². The standard InChI is InChI=1S/C40H34N2/c1-31-13-9-11-19-39(31)42(40-20-12-10-14-32(40)2)38-29-25-34(26-30-38)22-21-33-23-27-37(28-24-33)41(35-15-5-3-6-16-35)36-17-7-4-8-18-36/h3-30H,1-2H3/b22-21+. The van der Waals surface area contributed by atoms with E-state index in [1.54, 1.807) is 0 Å². The molecule has 2 heteroatoms. The fourth-order valence-electron chi connectivity index (χ4n) is 5.30. The molecule has 6 rings (SSSR count). The fraction of sp³-hybridized carbons (Fsp3) is 0.0500. The third kappa shape index (κ3) is 5.89. The van der Waals surface area contributed by atoms with Crippen molar-refractivity contribution in [2.24, 2.45) is 0 Å². The molecule has 204 valence electrons. The lowest BCUT2D eigenvalue weighted by molar-refractivity contribution is 1.22. The highest BCUT2D eigenvalue weighted by molar-refractivity contribution is 5.81. The van der Waals surface area contributed by atoms with Gasteiger partial charge in [-0.2, -0.15) is 0 Å². The Balaban J connectivity index is 1.25. The predicted molar refractivity (Wildman–Crippen MR) is 181 cm³/mol. The molecule has 0 fully saturated rings. The van der Waals surface area contributed by atoms with Crippen LogP contribution in [-0.2, 0) is 0 Å². The van der Waals surface area contributed by atoms with Crippen molar-refractivity contribution in [1.29, 1.82) is 0 Å². The van der Waals surface area contributed by atoms with E-state index in [9.17, 15) is 0 Å². The average molecular weight is 543 g/mol. The molecular formula is C40H34N2. The van der Waals surface area contributed by atoms with Crippen molar-refractivity contribution < 1.29 is 0 Å². The van der Waals surface area contributed by atoms with E-state index in [0.29, 0.717) is 0 Å². The van der Waals surface area contributed by atoms with Gasteiger partial charge in [0.2, 0.25) is 0 Å². The highest BCUT2D eigenvalue weighted by Crippen LogP contribution is 2.38. The zero-order valence-corrected chi connectivity index (χ0v) is 24.1. The predicted octanol–water partition coefficient (Wildman–Crippen LogP) is 11.4. The second-order valence-corrected chi connectivity index (χ2v) is 10.4. The fourth-order valence-corrected chi connectivity index (χ4v) is 5.30. The Morgan fingerprint density at radius 1 is 0.333 bits per heavy atom. The molecule has 6 aromatic carbocycles. The molecule has 0 atom stereocenters. The van der Waals surface area contributed by atoms with Crippen molar-refractivity contribution in [1.82, 2.24) is 0 Å². The van der Waals surface area contributed by atoms with Crippen molar-refractivity contribution >= 4 is 46.3 Å². The summed E-state index contributed by atoms with van der Waals surface area (Å²) in [6.07, 6.45) is 4.35. The van der Waals surface area contributed by atoms with Crippen LogP contribution in [0.2, 0.25) is 0 Å². The number of anilines is 6. The van der Waals surface area contributed by atoms with Gasteiger partial charge in [-0.3, -0.25) is 0 Å². The van der Waals surface area contributed by atoms with Crippen LogP contribution in [0.1, 0.15) is 22.3 Å². The molecule has 0 heterocycles. The van der Waals surface area contributed by atoms with E-state index in [0.717, 1.165) is 33.9 Å². The van der Waals surface area contributed by atoms with Gasteiger partial charge in [0.05, 0.1) is 0 Å². The number of rotatable bonds is 8. The normalized spacial score (nSPS) is 11.0. The van der Waals surface area contributed by atoms with Gasteiger partial charge in [-0.15, -0.1) is 0 Å². The largest absolute Gasteiger partial charge is 0.311 e. The Morgan fingerprint density at radius 2 is 0.667 bits per heavy atom. The molecule has 0 N–H and O–H groups in total. The molecule has 0 saturated carbocycles. The Labute approximate surface area is 249 Å². The minimum atomic E-state index is 1.13. The van der Waals surface area contributed by atoms with E-state index in [-0.39, 0.29) is 0 Å². The monoisotopic (exact) mass is 542 g/mol. The first-order valence-electron chi connectivity index (χ1n) is 14.4. The lowest BCUT2D eigenvalue weighted by Crippen LogP contribution is -2.12. The summed E-state index contributed by atoms with van der Waals surface area (Å²) >= 11 is 0. The number of nitrogens with zero attached hydrogens (tertiary/aromatic N) is 2. The van der Waals surface area contributed by atoms with Crippen LogP contribution in [0.3, 0.4) is 0 Å². The summed E-state index contributed by atoms with van der Waals surface area (Å²) < 4.78 is 0. The van der Waals surface area contributed by atoms with Crippen LogP contribution in [-0.4, -0.2) is 0 Å². The summed E-state index contributed by atoms with van der Waals surface area (Å²) in [6, 6.07) is 55.6. The quantitative estimate of drug-likeness (QED) is 0.176. The summed E-state index contributed by atoms with van der Waals surface area (Å²) in [4.78, 5) is 4.63. The SMILES string of the molecule is Cc1ccccc1N(c1ccc(/C=C/c2ccc(N(c3ccccc3)c3ccccc3)cc2)cc1)c1ccccc1C. The number of para-hydroxylation sites is 4. The van der Waals surface area contributed by atoms with Crippen molar-refractivity contribution in [3.8, 4) is 0 Å². The number of aryl methyl sites for hydroxylation is 2. The number of benzene rings is 6. The van der Waals surface area contributed by atoms with Gasteiger partial charge in [0.1, 0.15) is 0 Å². The maximum atomic E-state index is 2.35. The molecule has 0 saturated heterocycles. The first-order valence-corrected chi connectivity index (χ1v) is 14.4. The lowest BCUT2D eigenvalue weighted by atomic mass is 10.1. The smallest absolute Gasteiger partial charge is 0.0490 e. The summed E-state index contributed by atoms with van der Waals surface area (Å²) in [6.45, 7) is 4.34. The van der Waals surface area contributed by atoms with E-state index in [1.807, 2.05) is 0 Å². The zero-order chi connectivity index (χ0) is 28.7. The van der Waals surface area contributed by atoms with Gasteiger partial charge in [0.25, 0.3) is 0 Å². The highest BCUT2D eigenvalue weighted by atomic mass is 15.1. The average Bonchev–Trinajstić information content (AvgIpc) is 3.04. The van der Waals surface area contributed by atoms with E-state index in [1.165, 1.54) is 22.5 Å². The molecule has 2 nitrogen and oxygen atoms in total. The van der Waals surface area contributed by atoms with Gasteiger partial charge in [-0.05, 0) is 96.8 Å². The van der Waals surface area contributed by atoms with Gasteiger partial charge >= 0.3 is 0 Å². The Bertz CT molecular complexity index is 1690. The van der Waals surface area contributed by atoms with Crippen LogP contribution in [0, 0.1) is 13.8 Å². The Morgan fingerprint density at radius 3 is 1.07 bits per heavy atom. The van der Waals surface area contributed by atoms with Gasteiger partial charge in [-0.25, -0.2) is 0 Å². The molecule has 42 heavy (non-hydrogen) atoms. The van der Waals surface area contributed by atoms with Crippen molar-refractivity contribution in [2.75, 3.05) is 9.80 Å². The lowest BCUT2D eigenvalue weighted by Gasteiger charge is -2.28. The van der Waals surface area contributed by atoms with Crippen LogP contribution in [0.15, 0.2) is 158 Å². The molecule has 0 aromatic heterocycles. The minimum Gasteiger partial charge on any atom is -0.311 e. The van der Waals surface area contributed by atoms with Crippen molar-refractivity contribution in [3.05, 3.63) is 180 Å². The second-order valence-electron chi connectivity index (χ2n) is 10.4. The molecule has 0 unspecified atom stereocenters. The molecule has 0 radical (unpaired) electrons. The minimum absolute atomic E-state index is 1.13. The van der Waals surface area contributed by atoms with E-state index in [2.05, 4.69) is 194 Å². The summed E-state index contributed by atoms with van der Waals surface area (Å²) in [7, 11) is 0. The van der Waals surface area contributed by atoms with Crippen LogP contribution >= 0.6 is 0 Å². The maximum Gasteiger partial charge on any atom is 0.0490 e. The topological polar surface area (TPSA) is 6.48 Å². The van der Waals surface area contributed by atoms with E-state index >= 15 is 0 Å². The van der Waals surface area contributed by atoms with Crippen molar-refractivity contribution in [3.63, 3.8) is 0 Å². The molecule has 0 bridgehead atoms. The molecule has 0 amide bonds. The molecule has 6 aromatic rings. The zero-order valence-electron chi connectivity index (χ0n) is 24.1. The molecule has 0 aliphatic rings. The van der Waals surface area contributed by atoms with Crippen LogP contribution in [0.25, 0.3) is 12.2 Å². The number of hydrogen-bond acceptors (Lipinski definition) is 2. The summed E-state index contributed by atoms with van der Waals surface area (Å²) in [5.74, 6) is 0. The third-order valence-electron chi connectivity index (χ3n) is 7.51. The summed E-state index contributed by atoms with van der Waals surface area (Å²) in [5, 5.41) is 0. The van der Waals surface area contributed by atoms with Crippen LogP contribution in [0.5, 0.6) is 0 Å². The summed E-state index contributed by atoms with van der Waals surface area (Å²) in [5.41, 5.74) is 11.7. The maximum absolute atomic E-state index is 2.35. The van der Waals surface area contributed by atoms with Gasteiger partial charge in [0.15, 0.2) is 0 Å². The van der Waals surface area contributed by atoms with Gasteiger partial charge < -0.3 is 9.80 Å². The van der Waals surface area contributed by atoms with Crippen LogP contribution < -0.4 is 9.80 Å². The Hall–Kier alpha value is -5.34. The first-order chi connectivity index (χ1) is 20.7. The molecular weight excluding hydrogens is 508 g/mol. The Kier molecular flexibility index (Phi) is 7.96. The van der Waals surface area contributed by atoms with Crippen molar-refractivity contribution in [2.45, 2.75) is 13.8 Å². The highest BCUT2D eigenvalue weighted by Gasteiger charge is 2.16.